The lowest BCUT2D eigenvalue weighted by Gasteiger charge is -2.10. The van der Waals surface area contributed by atoms with Gasteiger partial charge in [-0.15, -0.1) is 0 Å². The molecular formula is C19H18N2O2. The summed E-state index contributed by atoms with van der Waals surface area (Å²) in [5, 5.41) is 15.9. The second-order valence-electron chi connectivity index (χ2n) is 5.11. The fraction of sp³-hybridized carbons (Fsp3) is 0.0526. The van der Waals surface area contributed by atoms with Gasteiger partial charge in [-0.25, -0.2) is 0 Å². The van der Waals surface area contributed by atoms with Gasteiger partial charge in [-0.3, -0.25) is 0 Å². The summed E-state index contributed by atoms with van der Waals surface area (Å²) in [6.07, 6.45) is 0. The van der Waals surface area contributed by atoms with Crippen LogP contribution >= 0.6 is 0 Å². The molecule has 0 saturated heterocycles. The largest absolute Gasteiger partial charge is 0.508 e. The van der Waals surface area contributed by atoms with Gasteiger partial charge in [-0.1, -0.05) is 6.07 Å². The number of methoxy groups -OCH3 is 1. The number of nitrogens with one attached hydrogen (secondary N) is 2. The average molecular weight is 306 g/mol. The normalized spacial score (nSPS) is 10.1. The molecule has 3 aromatic carbocycles. The highest BCUT2D eigenvalue weighted by Crippen LogP contribution is 2.24. The third-order valence-corrected chi connectivity index (χ3v) is 3.40. The molecule has 3 rings (SSSR count). The molecule has 0 fully saturated rings. The molecule has 0 saturated carbocycles. The lowest BCUT2D eigenvalue weighted by atomic mass is 10.2. The first-order valence-corrected chi connectivity index (χ1v) is 7.30. The van der Waals surface area contributed by atoms with E-state index in [1.165, 1.54) is 0 Å². The number of hydrogen-bond donors (Lipinski definition) is 3. The minimum Gasteiger partial charge on any atom is -0.508 e. The number of hydrogen-bond acceptors (Lipinski definition) is 4. The second-order valence-corrected chi connectivity index (χ2v) is 5.11. The molecule has 23 heavy (non-hydrogen) atoms. The van der Waals surface area contributed by atoms with Crippen LogP contribution in [0.25, 0.3) is 0 Å². The quantitative estimate of drug-likeness (QED) is 0.588. The highest BCUT2D eigenvalue weighted by Gasteiger charge is 1.99. The zero-order chi connectivity index (χ0) is 16.1. The van der Waals surface area contributed by atoms with E-state index in [-0.39, 0.29) is 5.75 Å². The Morgan fingerprint density at radius 2 is 1.22 bits per heavy atom. The highest BCUT2D eigenvalue weighted by molar-refractivity contribution is 5.66. The molecule has 0 aliphatic rings. The first kappa shape index (κ1) is 14.8. The first-order valence-electron chi connectivity index (χ1n) is 7.30. The van der Waals surface area contributed by atoms with Crippen LogP contribution in [0.2, 0.25) is 0 Å². The van der Waals surface area contributed by atoms with Gasteiger partial charge >= 0.3 is 0 Å². The molecule has 0 spiro atoms. The van der Waals surface area contributed by atoms with Gasteiger partial charge in [0.1, 0.15) is 11.5 Å². The molecule has 0 aromatic heterocycles. The number of ether oxygens (including phenoxy) is 1. The zero-order valence-electron chi connectivity index (χ0n) is 12.8. The van der Waals surface area contributed by atoms with E-state index in [0.29, 0.717) is 0 Å². The fourth-order valence-corrected chi connectivity index (χ4v) is 2.22. The summed E-state index contributed by atoms with van der Waals surface area (Å²) in [4.78, 5) is 0. The standard InChI is InChI=1S/C19H18N2O2/c1-23-19-4-2-3-17(13-19)21-15-7-5-14(6-8-15)20-16-9-11-18(22)12-10-16/h2-13,20-22H,1H3. The Kier molecular flexibility index (Phi) is 4.34. The van der Waals surface area contributed by atoms with E-state index < -0.39 is 0 Å². The Bertz CT molecular complexity index is 768. The predicted molar refractivity (Wildman–Crippen MR) is 94.1 cm³/mol. The minimum absolute atomic E-state index is 0.258. The molecule has 0 atom stereocenters. The highest BCUT2D eigenvalue weighted by atomic mass is 16.5. The number of anilines is 4. The molecule has 0 bridgehead atoms. The van der Waals surface area contributed by atoms with Gasteiger partial charge in [-0.2, -0.15) is 0 Å². The SMILES string of the molecule is COc1cccc(Nc2ccc(Nc3ccc(O)cc3)cc2)c1. The van der Waals surface area contributed by atoms with E-state index in [0.717, 1.165) is 28.5 Å². The molecule has 4 nitrogen and oxygen atoms in total. The van der Waals surface area contributed by atoms with Crippen LogP contribution in [0, 0.1) is 0 Å². The summed E-state index contributed by atoms with van der Waals surface area (Å²) in [7, 11) is 1.66. The van der Waals surface area contributed by atoms with Gasteiger partial charge in [0.15, 0.2) is 0 Å². The molecule has 116 valence electrons. The molecular weight excluding hydrogens is 288 g/mol. The summed E-state index contributed by atoms with van der Waals surface area (Å²) >= 11 is 0. The molecule has 3 aromatic rings. The van der Waals surface area contributed by atoms with Crippen molar-refractivity contribution >= 4 is 22.7 Å². The minimum atomic E-state index is 0.258. The summed E-state index contributed by atoms with van der Waals surface area (Å²) in [5.74, 6) is 1.08. The maximum absolute atomic E-state index is 9.29. The third-order valence-electron chi connectivity index (χ3n) is 3.40. The second kappa shape index (κ2) is 6.75. The molecule has 0 heterocycles. The number of rotatable bonds is 5. The summed E-state index contributed by atoms with van der Waals surface area (Å²) in [6.45, 7) is 0. The Morgan fingerprint density at radius 1 is 0.696 bits per heavy atom. The van der Waals surface area contributed by atoms with Crippen LogP contribution in [0.1, 0.15) is 0 Å². The Morgan fingerprint density at radius 3 is 1.78 bits per heavy atom. The van der Waals surface area contributed by atoms with E-state index in [1.807, 2.05) is 60.7 Å². The topological polar surface area (TPSA) is 53.5 Å². The lowest BCUT2D eigenvalue weighted by Crippen LogP contribution is -1.93. The molecule has 3 N–H and O–H groups in total. The van der Waals surface area contributed by atoms with Gasteiger partial charge < -0.3 is 20.5 Å². The number of phenolic OH excluding ortho intramolecular Hbond substituents is 1. The van der Waals surface area contributed by atoms with Crippen LogP contribution in [0.3, 0.4) is 0 Å². The monoisotopic (exact) mass is 306 g/mol. The molecule has 0 aliphatic heterocycles. The van der Waals surface area contributed by atoms with Crippen molar-refractivity contribution in [2.45, 2.75) is 0 Å². The molecule has 4 heteroatoms. The number of aromatic hydroxyl groups is 1. The molecule has 0 amide bonds. The van der Waals surface area contributed by atoms with Gasteiger partial charge in [-0.05, 0) is 60.7 Å². The maximum Gasteiger partial charge on any atom is 0.120 e. The summed E-state index contributed by atoms with van der Waals surface area (Å²) in [6, 6.07) is 22.8. The van der Waals surface area contributed by atoms with E-state index >= 15 is 0 Å². The van der Waals surface area contributed by atoms with Crippen molar-refractivity contribution in [1.82, 2.24) is 0 Å². The molecule has 0 radical (unpaired) electrons. The predicted octanol–water partition coefficient (Wildman–Crippen LogP) is 4.89. The van der Waals surface area contributed by atoms with Crippen molar-refractivity contribution < 1.29 is 9.84 Å². The zero-order valence-corrected chi connectivity index (χ0v) is 12.8. The average Bonchev–Trinajstić information content (AvgIpc) is 2.59. The summed E-state index contributed by atoms with van der Waals surface area (Å²) < 4.78 is 5.22. The van der Waals surface area contributed by atoms with Gasteiger partial charge in [0, 0.05) is 28.8 Å². The smallest absolute Gasteiger partial charge is 0.120 e. The van der Waals surface area contributed by atoms with E-state index in [9.17, 15) is 5.11 Å². The van der Waals surface area contributed by atoms with Crippen molar-refractivity contribution in [3.63, 3.8) is 0 Å². The van der Waals surface area contributed by atoms with E-state index in [4.69, 9.17) is 4.74 Å². The van der Waals surface area contributed by atoms with E-state index in [2.05, 4.69) is 10.6 Å². The van der Waals surface area contributed by atoms with Crippen LogP contribution in [0.5, 0.6) is 11.5 Å². The van der Waals surface area contributed by atoms with Crippen LogP contribution < -0.4 is 15.4 Å². The number of benzene rings is 3. The van der Waals surface area contributed by atoms with Crippen LogP contribution in [-0.2, 0) is 0 Å². The Labute approximate surface area is 135 Å². The third kappa shape index (κ3) is 3.95. The van der Waals surface area contributed by atoms with Crippen LogP contribution in [0.4, 0.5) is 22.7 Å². The maximum atomic E-state index is 9.29. The van der Waals surface area contributed by atoms with Crippen molar-refractivity contribution in [2.75, 3.05) is 17.7 Å². The fourth-order valence-electron chi connectivity index (χ4n) is 2.22. The van der Waals surface area contributed by atoms with Gasteiger partial charge in [0.25, 0.3) is 0 Å². The Hall–Kier alpha value is -3.14. The van der Waals surface area contributed by atoms with Crippen LogP contribution in [-0.4, -0.2) is 12.2 Å². The lowest BCUT2D eigenvalue weighted by molar-refractivity contribution is 0.415. The first-order chi connectivity index (χ1) is 11.2. The number of phenols is 1. The molecule has 0 aliphatic carbocycles. The molecule has 0 unspecified atom stereocenters. The van der Waals surface area contributed by atoms with Crippen molar-refractivity contribution in [2.24, 2.45) is 0 Å². The van der Waals surface area contributed by atoms with Crippen molar-refractivity contribution in [3.05, 3.63) is 72.8 Å². The van der Waals surface area contributed by atoms with Gasteiger partial charge in [0.05, 0.1) is 7.11 Å². The van der Waals surface area contributed by atoms with Gasteiger partial charge in [0.2, 0.25) is 0 Å². The summed E-state index contributed by atoms with van der Waals surface area (Å²) in [5.41, 5.74) is 3.88. The van der Waals surface area contributed by atoms with Crippen molar-refractivity contribution in [3.8, 4) is 11.5 Å². The van der Waals surface area contributed by atoms with Crippen LogP contribution in [0.15, 0.2) is 72.8 Å². The van der Waals surface area contributed by atoms with Crippen molar-refractivity contribution in [1.29, 1.82) is 0 Å². The Balaban J connectivity index is 1.67. The van der Waals surface area contributed by atoms with E-state index in [1.54, 1.807) is 19.2 Å².